The molecule has 1 atom stereocenters. The van der Waals surface area contributed by atoms with Crippen LogP contribution in [0.2, 0.25) is 0 Å². The van der Waals surface area contributed by atoms with E-state index in [-0.39, 0.29) is 24.6 Å². The largest absolute Gasteiger partial charge is 0.489 e. The van der Waals surface area contributed by atoms with E-state index in [1.807, 2.05) is 19.1 Å². The van der Waals surface area contributed by atoms with E-state index < -0.39 is 5.60 Å². The number of hydrogen-bond donors (Lipinski definition) is 1. The fourth-order valence-electron chi connectivity index (χ4n) is 4.21. The summed E-state index contributed by atoms with van der Waals surface area (Å²) < 4.78 is 31.6. The van der Waals surface area contributed by atoms with Gasteiger partial charge in [-0.2, -0.15) is 5.21 Å². The second kappa shape index (κ2) is 8.43. The number of morpholine rings is 1. The normalized spacial score (nSPS) is 20.3. The zero-order valence-electron chi connectivity index (χ0n) is 18.4. The van der Waals surface area contributed by atoms with E-state index in [4.69, 9.17) is 14.2 Å². The smallest absolute Gasteiger partial charge is 0.205 e. The quantitative estimate of drug-likeness (QED) is 0.629. The Morgan fingerprint density at radius 2 is 2.09 bits per heavy atom. The number of ketones is 1. The number of benzene rings is 2. The van der Waals surface area contributed by atoms with Gasteiger partial charge in [-0.15, -0.1) is 10.2 Å². The number of carbonyl (C=O) groups excluding carboxylic acids is 1. The van der Waals surface area contributed by atoms with Gasteiger partial charge in [-0.05, 0) is 37.3 Å². The molecule has 3 heterocycles. The Hall–Kier alpha value is -3.53. The lowest BCUT2D eigenvalue weighted by Crippen LogP contribution is -2.44. The molecule has 0 saturated carbocycles. The molecular weight excluding hydrogens is 429 g/mol. The first-order valence-electron chi connectivity index (χ1n) is 10.8. The molecule has 1 unspecified atom stereocenters. The summed E-state index contributed by atoms with van der Waals surface area (Å²) in [5.41, 5.74) is 1.36. The fourth-order valence-corrected chi connectivity index (χ4v) is 4.21. The SMILES string of the molecule is Cc1c(F)cccc1OCC1(C)CC(=O)c2c(cc(N3CCOCC3)cc2-c2nn[nH]n2)O1. The Morgan fingerprint density at radius 1 is 1.27 bits per heavy atom. The van der Waals surface area contributed by atoms with E-state index in [2.05, 4.69) is 25.5 Å². The van der Waals surface area contributed by atoms with Gasteiger partial charge >= 0.3 is 0 Å². The summed E-state index contributed by atoms with van der Waals surface area (Å²) in [6.07, 6.45) is 0.0934. The molecule has 2 aliphatic heterocycles. The molecular formula is C23H24FN5O4. The summed E-state index contributed by atoms with van der Waals surface area (Å²) in [6.45, 7) is 6.23. The van der Waals surface area contributed by atoms with Crippen LogP contribution in [0.1, 0.15) is 29.3 Å². The Bertz CT molecular complexity index is 1180. The van der Waals surface area contributed by atoms with Crippen LogP contribution < -0.4 is 14.4 Å². The van der Waals surface area contributed by atoms with Crippen molar-refractivity contribution >= 4 is 11.5 Å². The predicted molar refractivity (Wildman–Crippen MR) is 117 cm³/mol. The highest BCUT2D eigenvalue weighted by Gasteiger charge is 2.40. The standard InChI is InChI=1S/C23H24FN5O4/c1-14-17(24)4-3-5-19(14)32-13-23(2)12-18(30)21-16(22-25-27-28-26-22)10-15(11-20(21)33-23)29-6-8-31-9-7-29/h3-5,10-11H,6-9,12-13H2,1-2H3,(H,25,26,27,28). The number of anilines is 1. The van der Waals surface area contributed by atoms with Crippen molar-refractivity contribution in [3.05, 3.63) is 47.3 Å². The molecule has 1 N–H and O–H groups in total. The number of tetrazole rings is 1. The minimum Gasteiger partial charge on any atom is -0.489 e. The van der Waals surface area contributed by atoms with E-state index in [1.165, 1.54) is 6.07 Å². The van der Waals surface area contributed by atoms with Gasteiger partial charge in [0, 0.05) is 36.0 Å². The van der Waals surface area contributed by atoms with Gasteiger partial charge in [-0.1, -0.05) is 6.07 Å². The van der Waals surface area contributed by atoms with Gasteiger partial charge in [-0.3, -0.25) is 4.79 Å². The fraction of sp³-hybridized carbons (Fsp3) is 0.391. The molecule has 2 aliphatic rings. The minimum absolute atomic E-state index is 0.0851. The number of halogens is 1. The van der Waals surface area contributed by atoms with Crippen molar-refractivity contribution in [2.75, 3.05) is 37.8 Å². The maximum absolute atomic E-state index is 13.9. The summed E-state index contributed by atoms with van der Waals surface area (Å²) in [6, 6.07) is 8.44. The van der Waals surface area contributed by atoms with Crippen LogP contribution in [0.25, 0.3) is 11.4 Å². The zero-order chi connectivity index (χ0) is 23.0. The number of aromatic amines is 1. The number of ether oxygens (including phenoxy) is 3. The van der Waals surface area contributed by atoms with Crippen molar-refractivity contribution in [1.29, 1.82) is 0 Å². The molecule has 33 heavy (non-hydrogen) atoms. The molecule has 0 aliphatic carbocycles. The number of aromatic nitrogens is 4. The molecule has 3 aromatic rings. The molecule has 1 saturated heterocycles. The number of Topliss-reactive ketones (excluding diaryl/α,β-unsaturated/α-hetero) is 1. The number of rotatable bonds is 5. The Kier molecular flexibility index (Phi) is 5.45. The van der Waals surface area contributed by atoms with Gasteiger partial charge in [0.1, 0.15) is 29.5 Å². The summed E-state index contributed by atoms with van der Waals surface area (Å²) in [5, 5.41) is 14.3. The van der Waals surface area contributed by atoms with E-state index in [0.717, 1.165) is 18.8 Å². The van der Waals surface area contributed by atoms with Gasteiger partial charge in [0.05, 0.1) is 25.2 Å². The molecule has 5 rings (SSSR count). The number of nitrogens with zero attached hydrogens (tertiary/aromatic N) is 4. The van der Waals surface area contributed by atoms with Crippen molar-refractivity contribution in [3.63, 3.8) is 0 Å². The molecule has 0 amide bonds. The van der Waals surface area contributed by atoms with E-state index >= 15 is 0 Å². The lowest BCUT2D eigenvalue weighted by atomic mass is 9.88. The van der Waals surface area contributed by atoms with Crippen LogP contribution in [0.3, 0.4) is 0 Å². The third kappa shape index (κ3) is 4.13. The third-order valence-electron chi connectivity index (χ3n) is 5.97. The first kappa shape index (κ1) is 21.3. The highest BCUT2D eigenvalue weighted by atomic mass is 19.1. The van der Waals surface area contributed by atoms with Gasteiger partial charge in [0.25, 0.3) is 0 Å². The number of nitrogens with one attached hydrogen (secondary N) is 1. The van der Waals surface area contributed by atoms with E-state index in [0.29, 0.717) is 47.2 Å². The lowest BCUT2D eigenvalue weighted by molar-refractivity contribution is 0.0188. The molecule has 0 bridgehead atoms. The minimum atomic E-state index is -0.930. The van der Waals surface area contributed by atoms with Crippen molar-refractivity contribution in [3.8, 4) is 22.9 Å². The van der Waals surface area contributed by atoms with Crippen LogP contribution >= 0.6 is 0 Å². The maximum Gasteiger partial charge on any atom is 0.205 e. The predicted octanol–water partition coefficient (Wildman–Crippen LogP) is 2.95. The second-order valence-corrected chi connectivity index (χ2v) is 8.50. The number of carbonyl (C=O) groups is 1. The summed E-state index contributed by atoms with van der Waals surface area (Å²) >= 11 is 0. The molecule has 0 radical (unpaired) electrons. The highest BCUT2D eigenvalue weighted by molar-refractivity contribution is 6.06. The summed E-state index contributed by atoms with van der Waals surface area (Å²) in [7, 11) is 0. The van der Waals surface area contributed by atoms with Gasteiger partial charge < -0.3 is 19.1 Å². The van der Waals surface area contributed by atoms with Gasteiger partial charge in [-0.25, -0.2) is 4.39 Å². The maximum atomic E-state index is 13.9. The summed E-state index contributed by atoms with van der Waals surface area (Å²) in [5.74, 6) is 0.744. The van der Waals surface area contributed by atoms with E-state index in [1.54, 1.807) is 19.1 Å². The zero-order valence-corrected chi connectivity index (χ0v) is 18.4. The van der Waals surface area contributed by atoms with Crippen LogP contribution in [0.15, 0.2) is 30.3 Å². The van der Waals surface area contributed by atoms with Crippen molar-refractivity contribution in [2.24, 2.45) is 0 Å². The topological polar surface area (TPSA) is 102 Å². The van der Waals surface area contributed by atoms with Crippen LogP contribution in [0.4, 0.5) is 10.1 Å². The average Bonchev–Trinajstić information content (AvgIpc) is 3.35. The summed E-state index contributed by atoms with van der Waals surface area (Å²) in [4.78, 5) is 15.5. The number of hydrogen-bond acceptors (Lipinski definition) is 8. The van der Waals surface area contributed by atoms with E-state index in [9.17, 15) is 9.18 Å². The van der Waals surface area contributed by atoms with Crippen LogP contribution in [-0.4, -0.2) is 64.9 Å². The Labute approximate surface area is 189 Å². The first-order chi connectivity index (χ1) is 15.9. The number of fused-ring (bicyclic) bond motifs is 1. The molecule has 0 spiro atoms. The first-order valence-corrected chi connectivity index (χ1v) is 10.8. The van der Waals surface area contributed by atoms with Crippen LogP contribution in [0, 0.1) is 12.7 Å². The molecule has 1 aromatic heterocycles. The van der Waals surface area contributed by atoms with Crippen molar-refractivity contribution < 1.29 is 23.4 Å². The van der Waals surface area contributed by atoms with Crippen LogP contribution in [0.5, 0.6) is 11.5 Å². The average molecular weight is 453 g/mol. The molecule has 1 fully saturated rings. The second-order valence-electron chi connectivity index (χ2n) is 8.50. The monoisotopic (exact) mass is 453 g/mol. The van der Waals surface area contributed by atoms with Gasteiger partial charge in [0.15, 0.2) is 5.78 Å². The highest BCUT2D eigenvalue weighted by Crippen LogP contribution is 2.41. The van der Waals surface area contributed by atoms with Crippen molar-refractivity contribution in [1.82, 2.24) is 20.6 Å². The Balaban J connectivity index is 1.49. The van der Waals surface area contributed by atoms with Crippen LogP contribution in [-0.2, 0) is 4.74 Å². The molecule has 2 aromatic carbocycles. The molecule has 10 heteroatoms. The molecule has 9 nitrogen and oxygen atoms in total. The Morgan fingerprint density at radius 3 is 2.85 bits per heavy atom. The third-order valence-corrected chi connectivity index (χ3v) is 5.97. The lowest BCUT2D eigenvalue weighted by Gasteiger charge is -2.36. The van der Waals surface area contributed by atoms with Crippen molar-refractivity contribution in [2.45, 2.75) is 25.9 Å². The number of H-pyrrole nitrogens is 1. The molecule has 172 valence electrons. The van der Waals surface area contributed by atoms with Gasteiger partial charge in [0.2, 0.25) is 5.82 Å².